The first kappa shape index (κ1) is 15.9. The summed E-state index contributed by atoms with van der Waals surface area (Å²) in [6.45, 7) is 1.82. The molecular formula is C14H15ClF3N3. The zero-order chi connectivity index (χ0) is 15.8. The van der Waals surface area contributed by atoms with Crippen molar-refractivity contribution >= 4 is 11.6 Å². The van der Waals surface area contributed by atoms with Gasteiger partial charge in [0.2, 0.25) is 0 Å². The van der Waals surface area contributed by atoms with Gasteiger partial charge in [-0.1, -0.05) is 23.7 Å². The van der Waals surface area contributed by atoms with Crippen LogP contribution in [0.3, 0.4) is 0 Å². The number of nitrogens with zero attached hydrogens (tertiary/aromatic N) is 2. The molecule has 3 nitrogen and oxygen atoms in total. The second-order valence-corrected chi connectivity index (χ2v) is 5.27. The van der Waals surface area contributed by atoms with Crippen molar-refractivity contribution in [3.05, 3.63) is 51.8 Å². The zero-order valence-electron chi connectivity index (χ0n) is 11.6. The number of hydrogen-bond acceptors (Lipinski definition) is 2. The molecule has 0 aliphatic rings. The van der Waals surface area contributed by atoms with Crippen molar-refractivity contribution in [1.29, 1.82) is 0 Å². The maximum atomic E-state index is 12.5. The number of hydrogen-bond donors (Lipinski definition) is 1. The minimum absolute atomic E-state index is 0.421. The van der Waals surface area contributed by atoms with Gasteiger partial charge in [0, 0.05) is 18.7 Å². The van der Waals surface area contributed by atoms with Crippen LogP contribution in [0.25, 0.3) is 0 Å². The van der Waals surface area contributed by atoms with E-state index in [1.54, 1.807) is 11.7 Å². The van der Waals surface area contributed by atoms with Crippen molar-refractivity contribution in [2.75, 3.05) is 0 Å². The first-order valence-corrected chi connectivity index (χ1v) is 6.68. The van der Waals surface area contributed by atoms with Crippen molar-refractivity contribution < 1.29 is 13.2 Å². The third-order valence-electron chi connectivity index (χ3n) is 3.36. The molecule has 0 aliphatic carbocycles. The maximum Gasteiger partial charge on any atom is 0.416 e. The molecule has 7 heteroatoms. The molecule has 0 amide bonds. The third kappa shape index (κ3) is 3.39. The fourth-order valence-corrected chi connectivity index (χ4v) is 2.41. The van der Waals surface area contributed by atoms with Crippen LogP contribution in [-0.2, 0) is 19.6 Å². The Morgan fingerprint density at radius 3 is 2.29 bits per heavy atom. The van der Waals surface area contributed by atoms with Gasteiger partial charge >= 0.3 is 6.18 Å². The third-order valence-corrected chi connectivity index (χ3v) is 3.83. The number of alkyl halides is 3. The van der Waals surface area contributed by atoms with Gasteiger partial charge < -0.3 is 5.73 Å². The number of rotatable bonds is 3. The number of aromatic nitrogens is 2. The molecule has 0 radical (unpaired) electrons. The molecule has 2 aromatic rings. The molecular weight excluding hydrogens is 303 g/mol. The summed E-state index contributed by atoms with van der Waals surface area (Å²) < 4.78 is 39.1. The molecule has 1 heterocycles. The molecule has 0 fully saturated rings. The minimum atomic E-state index is -4.34. The van der Waals surface area contributed by atoms with E-state index in [2.05, 4.69) is 5.10 Å². The van der Waals surface area contributed by atoms with E-state index in [1.165, 1.54) is 12.1 Å². The molecule has 0 spiro atoms. The smallest absolute Gasteiger partial charge is 0.324 e. The monoisotopic (exact) mass is 317 g/mol. The molecule has 0 saturated heterocycles. The average Bonchev–Trinajstić information content (AvgIpc) is 2.64. The number of nitrogens with two attached hydrogens (primary N) is 1. The van der Waals surface area contributed by atoms with Gasteiger partial charge in [-0.15, -0.1) is 0 Å². The predicted molar refractivity (Wildman–Crippen MR) is 75.0 cm³/mol. The molecule has 0 bridgehead atoms. The minimum Gasteiger partial charge on any atom is -0.324 e. The normalized spacial score (nSPS) is 13.5. The molecule has 0 saturated carbocycles. The fraction of sp³-hybridized carbons (Fsp3) is 0.357. The lowest BCUT2D eigenvalue weighted by Crippen LogP contribution is -2.14. The van der Waals surface area contributed by atoms with Gasteiger partial charge in [0.1, 0.15) is 5.15 Å². The van der Waals surface area contributed by atoms with Crippen LogP contribution < -0.4 is 5.73 Å². The first-order valence-electron chi connectivity index (χ1n) is 6.31. The molecule has 2 rings (SSSR count). The Morgan fingerprint density at radius 2 is 1.86 bits per heavy atom. The summed E-state index contributed by atoms with van der Waals surface area (Å²) in [5.41, 5.74) is 7.58. The molecule has 1 aromatic carbocycles. The van der Waals surface area contributed by atoms with Gasteiger partial charge in [-0.3, -0.25) is 4.68 Å². The Balaban J connectivity index is 2.19. The Kier molecular flexibility index (Phi) is 4.30. The van der Waals surface area contributed by atoms with Gasteiger partial charge in [-0.25, -0.2) is 0 Å². The van der Waals surface area contributed by atoms with Crippen LogP contribution in [0.5, 0.6) is 0 Å². The van der Waals surface area contributed by atoms with Crippen LogP contribution >= 0.6 is 11.6 Å². The summed E-state index contributed by atoms with van der Waals surface area (Å²) in [7, 11) is 1.72. The van der Waals surface area contributed by atoms with Crippen molar-refractivity contribution in [3.8, 4) is 0 Å². The fourth-order valence-electron chi connectivity index (χ4n) is 2.16. The molecule has 21 heavy (non-hydrogen) atoms. The summed E-state index contributed by atoms with van der Waals surface area (Å²) in [5, 5.41) is 4.68. The van der Waals surface area contributed by atoms with E-state index >= 15 is 0 Å². The lowest BCUT2D eigenvalue weighted by atomic mass is 9.99. The van der Waals surface area contributed by atoms with Crippen molar-refractivity contribution in [3.63, 3.8) is 0 Å². The average molecular weight is 318 g/mol. The Morgan fingerprint density at radius 1 is 1.29 bits per heavy atom. The highest BCUT2D eigenvalue weighted by molar-refractivity contribution is 6.30. The topological polar surface area (TPSA) is 43.8 Å². The Bertz CT molecular complexity index is 632. The standard InChI is InChI=1S/C14H15ClF3N3/c1-8-11(13(15)21(2)20-8)7-12(19)9-3-5-10(6-4-9)14(16,17)18/h3-6,12H,7,19H2,1-2H3. The van der Waals surface area contributed by atoms with E-state index in [-0.39, 0.29) is 0 Å². The van der Waals surface area contributed by atoms with Gasteiger partial charge in [0.25, 0.3) is 0 Å². The van der Waals surface area contributed by atoms with E-state index in [9.17, 15) is 13.2 Å². The molecule has 0 aliphatic heterocycles. The van der Waals surface area contributed by atoms with Crippen molar-refractivity contribution in [2.45, 2.75) is 25.6 Å². The van der Waals surface area contributed by atoms with Crippen LogP contribution in [0, 0.1) is 6.92 Å². The van der Waals surface area contributed by atoms with Crippen molar-refractivity contribution in [1.82, 2.24) is 9.78 Å². The van der Waals surface area contributed by atoms with E-state index in [4.69, 9.17) is 17.3 Å². The number of benzene rings is 1. The van der Waals surface area contributed by atoms with Gasteiger partial charge in [0.15, 0.2) is 0 Å². The largest absolute Gasteiger partial charge is 0.416 e. The molecule has 1 aromatic heterocycles. The van der Waals surface area contributed by atoms with E-state index in [1.807, 2.05) is 6.92 Å². The summed E-state index contributed by atoms with van der Waals surface area (Å²) in [6, 6.07) is 4.42. The predicted octanol–water partition coefficient (Wildman–Crippen LogP) is 3.64. The molecule has 2 N–H and O–H groups in total. The second-order valence-electron chi connectivity index (χ2n) is 4.91. The first-order chi connectivity index (χ1) is 9.70. The highest BCUT2D eigenvalue weighted by Gasteiger charge is 2.30. The number of aryl methyl sites for hydroxylation is 2. The van der Waals surface area contributed by atoms with E-state index in [0.717, 1.165) is 23.4 Å². The molecule has 1 unspecified atom stereocenters. The SMILES string of the molecule is Cc1nn(C)c(Cl)c1CC(N)c1ccc(C(F)(F)F)cc1. The summed E-state index contributed by atoms with van der Waals surface area (Å²) >= 11 is 6.13. The van der Waals surface area contributed by atoms with Crippen LogP contribution in [-0.4, -0.2) is 9.78 Å². The van der Waals surface area contributed by atoms with Crippen LogP contribution in [0.2, 0.25) is 5.15 Å². The van der Waals surface area contributed by atoms with Crippen molar-refractivity contribution in [2.24, 2.45) is 12.8 Å². The lowest BCUT2D eigenvalue weighted by molar-refractivity contribution is -0.137. The molecule has 1 atom stereocenters. The zero-order valence-corrected chi connectivity index (χ0v) is 12.3. The second kappa shape index (κ2) is 5.69. The molecule has 114 valence electrons. The van der Waals surface area contributed by atoms with Crippen LogP contribution in [0.1, 0.15) is 28.4 Å². The maximum absolute atomic E-state index is 12.5. The summed E-state index contributed by atoms with van der Waals surface area (Å²) in [5.74, 6) is 0. The summed E-state index contributed by atoms with van der Waals surface area (Å²) in [6.07, 6.45) is -3.92. The van der Waals surface area contributed by atoms with Crippen LogP contribution in [0.15, 0.2) is 24.3 Å². The highest BCUT2D eigenvalue weighted by atomic mass is 35.5. The Labute approximate surface area is 125 Å². The van der Waals surface area contributed by atoms with Gasteiger partial charge in [-0.05, 0) is 31.0 Å². The summed E-state index contributed by atoms with van der Waals surface area (Å²) in [4.78, 5) is 0. The quantitative estimate of drug-likeness (QED) is 0.939. The van der Waals surface area contributed by atoms with Gasteiger partial charge in [0.05, 0.1) is 11.3 Å². The van der Waals surface area contributed by atoms with Gasteiger partial charge in [-0.2, -0.15) is 18.3 Å². The highest BCUT2D eigenvalue weighted by Crippen LogP contribution is 2.30. The van der Waals surface area contributed by atoms with Crippen LogP contribution in [0.4, 0.5) is 13.2 Å². The Hall–Kier alpha value is -1.53. The van der Waals surface area contributed by atoms with E-state index in [0.29, 0.717) is 17.1 Å². The van der Waals surface area contributed by atoms with E-state index < -0.39 is 17.8 Å². The lowest BCUT2D eigenvalue weighted by Gasteiger charge is -2.13. The number of halogens is 4.